The summed E-state index contributed by atoms with van der Waals surface area (Å²) in [6.45, 7) is 6.39. The van der Waals surface area contributed by atoms with Crippen LogP contribution in [0.3, 0.4) is 0 Å². The number of likely N-dealkylation sites (tertiary alicyclic amines) is 1. The van der Waals surface area contributed by atoms with Gasteiger partial charge in [0, 0.05) is 13.0 Å². The topological polar surface area (TPSA) is 68.5 Å². The fourth-order valence-electron chi connectivity index (χ4n) is 3.93. The van der Waals surface area contributed by atoms with Gasteiger partial charge >= 0.3 is 6.09 Å². The van der Waals surface area contributed by atoms with Crippen LogP contribution >= 0.6 is 0 Å². The van der Waals surface area contributed by atoms with Gasteiger partial charge in [-0.2, -0.15) is 4.98 Å². The Morgan fingerprint density at radius 3 is 2.68 bits per heavy atom. The van der Waals surface area contributed by atoms with Gasteiger partial charge in [-0.3, -0.25) is 4.90 Å². The van der Waals surface area contributed by atoms with Crippen LogP contribution in [0.1, 0.15) is 69.8 Å². The second-order valence-electron chi connectivity index (χ2n) is 9.22. The Kier molecular flexibility index (Phi) is 4.89. The first-order valence-corrected chi connectivity index (χ1v) is 10.2. The van der Waals surface area contributed by atoms with E-state index in [1.807, 2.05) is 26.8 Å². The van der Waals surface area contributed by atoms with Gasteiger partial charge in [-0.05, 0) is 63.9 Å². The number of aromatic nitrogens is 2. The fourth-order valence-corrected chi connectivity index (χ4v) is 3.93. The summed E-state index contributed by atoms with van der Waals surface area (Å²) in [5, 5.41) is 4.16. The van der Waals surface area contributed by atoms with Gasteiger partial charge in [-0.15, -0.1) is 0 Å². The number of hydrogen-bond donors (Lipinski definition) is 0. The van der Waals surface area contributed by atoms with Crippen LogP contribution in [0.25, 0.3) is 0 Å². The molecule has 0 radical (unpaired) electrons. The molecule has 2 fully saturated rings. The quantitative estimate of drug-likeness (QED) is 0.748. The molecule has 4 rings (SSSR count). The molecule has 1 aromatic carbocycles. The number of carbonyl (C=O) groups is 1. The second-order valence-corrected chi connectivity index (χ2v) is 9.22. The third-order valence-corrected chi connectivity index (χ3v) is 5.57. The minimum atomic E-state index is -0.515. The van der Waals surface area contributed by atoms with E-state index in [0.29, 0.717) is 11.7 Å². The van der Waals surface area contributed by atoms with E-state index in [-0.39, 0.29) is 17.6 Å². The molecule has 1 saturated heterocycles. The Morgan fingerprint density at radius 1 is 1.25 bits per heavy atom. The zero-order chi connectivity index (χ0) is 19.8. The first-order valence-electron chi connectivity index (χ1n) is 10.2. The van der Waals surface area contributed by atoms with Gasteiger partial charge < -0.3 is 9.26 Å². The van der Waals surface area contributed by atoms with Crippen LogP contribution in [0.15, 0.2) is 34.9 Å². The third-order valence-electron chi connectivity index (χ3n) is 5.57. The molecular formula is C22H29N3O3. The van der Waals surface area contributed by atoms with Crippen LogP contribution in [0, 0.1) is 5.41 Å². The molecule has 1 spiro atoms. The lowest BCUT2D eigenvalue weighted by Gasteiger charge is -2.27. The van der Waals surface area contributed by atoms with Crippen LogP contribution < -0.4 is 0 Å². The second kappa shape index (κ2) is 7.22. The van der Waals surface area contributed by atoms with E-state index >= 15 is 0 Å². The van der Waals surface area contributed by atoms with Crippen molar-refractivity contribution in [3.8, 4) is 0 Å². The molecule has 0 N–H and O–H groups in total. The van der Waals surface area contributed by atoms with Gasteiger partial charge in [0.2, 0.25) is 5.89 Å². The van der Waals surface area contributed by atoms with Crippen molar-refractivity contribution in [1.29, 1.82) is 0 Å². The Morgan fingerprint density at radius 2 is 2.00 bits per heavy atom. The normalized spacial score (nSPS) is 20.5. The lowest BCUT2D eigenvalue weighted by Crippen LogP contribution is -2.37. The first-order chi connectivity index (χ1) is 13.3. The maximum absolute atomic E-state index is 12.7. The van der Waals surface area contributed by atoms with Crippen LogP contribution in [-0.4, -0.2) is 33.3 Å². The summed E-state index contributed by atoms with van der Waals surface area (Å²) in [5.41, 5.74) is 1.02. The summed E-state index contributed by atoms with van der Waals surface area (Å²) in [6.07, 6.45) is 5.63. The Bertz CT molecular complexity index is 821. The highest BCUT2D eigenvalue weighted by Crippen LogP contribution is 2.58. The number of amides is 1. The van der Waals surface area contributed by atoms with E-state index < -0.39 is 5.60 Å². The van der Waals surface area contributed by atoms with Gasteiger partial charge in [0.05, 0.1) is 0 Å². The molecule has 1 amide bonds. The predicted octanol–water partition coefficient (Wildman–Crippen LogP) is 4.71. The molecule has 1 atom stereocenters. The molecule has 0 unspecified atom stereocenters. The maximum Gasteiger partial charge on any atom is 0.410 e. The van der Waals surface area contributed by atoms with Gasteiger partial charge in [-0.1, -0.05) is 35.5 Å². The number of carbonyl (C=O) groups excluding carboxylic acids is 1. The molecule has 2 heterocycles. The molecule has 2 aromatic rings. The van der Waals surface area contributed by atoms with Crippen LogP contribution in [0.5, 0.6) is 0 Å². The van der Waals surface area contributed by atoms with Crippen LogP contribution in [0.2, 0.25) is 0 Å². The highest BCUT2D eigenvalue weighted by Gasteiger charge is 2.55. The monoisotopic (exact) mass is 383 g/mol. The van der Waals surface area contributed by atoms with Gasteiger partial charge in [0.15, 0.2) is 5.82 Å². The summed E-state index contributed by atoms with van der Waals surface area (Å²) >= 11 is 0. The molecule has 1 aromatic heterocycles. The lowest BCUT2D eigenvalue weighted by atomic mass is 10.0. The molecular weight excluding hydrogens is 354 g/mol. The molecule has 1 saturated carbocycles. The molecule has 6 heteroatoms. The van der Waals surface area contributed by atoms with E-state index in [4.69, 9.17) is 9.26 Å². The lowest BCUT2D eigenvalue weighted by molar-refractivity contribution is 0.0193. The zero-order valence-corrected chi connectivity index (χ0v) is 17.0. The van der Waals surface area contributed by atoms with Crippen molar-refractivity contribution in [2.45, 2.75) is 70.9 Å². The van der Waals surface area contributed by atoms with Crippen LogP contribution in [0.4, 0.5) is 4.79 Å². The Hall–Kier alpha value is -2.37. The molecule has 1 aliphatic heterocycles. The number of rotatable bonds is 5. The van der Waals surface area contributed by atoms with Gasteiger partial charge in [0.1, 0.15) is 11.6 Å². The summed E-state index contributed by atoms with van der Waals surface area (Å²) < 4.78 is 11.2. The summed E-state index contributed by atoms with van der Waals surface area (Å²) in [6, 6.07) is 10.2. The molecule has 150 valence electrons. The minimum absolute atomic E-state index is 0.173. The molecule has 6 nitrogen and oxygen atoms in total. The van der Waals surface area contributed by atoms with E-state index in [2.05, 4.69) is 34.4 Å². The Labute approximate surface area is 166 Å². The van der Waals surface area contributed by atoms with E-state index in [1.54, 1.807) is 4.90 Å². The number of aryl methyl sites for hydroxylation is 2. The van der Waals surface area contributed by atoms with Gasteiger partial charge in [-0.25, -0.2) is 4.79 Å². The van der Waals surface area contributed by atoms with Crippen molar-refractivity contribution in [3.05, 3.63) is 47.6 Å². The largest absolute Gasteiger partial charge is 0.444 e. The van der Waals surface area contributed by atoms with E-state index in [9.17, 15) is 4.79 Å². The number of ether oxygens (including phenoxy) is 1. The first kappa shape index (κ1) is 19.0. The smallest absolute Gasteiger partial charge is 0.410 e. The minimum Gasteiger partial charge on any atom is -0.444 e. The van der Waals surface area contributed by atoms with Crippen molar-refractivity contribution in [2.24, 2.45) is 5.41 Å². The Balaban J connectivity index is 1.40. The van der Waals surface area contributed by atoms with Crippen molar-refractivity contribution >= 4 is 6.09 Å². The van der Waals surface area contributed by atoms with Crippen molar-refractivity contribution < 1.29 is 14.1 Å². The standard InChI is InChI=1S/C22H29N3O3/c1-21(2,3)27-20(26)25-15-22(12-13-22)14-17(25)19-23-18(24-28-19)11-7-10-16-8-5-4-6-9-16/h4-6,8-9,17H,7,10-15H2,1-3H3/t17-/m0/s1. The summed E-state index contributed by atoms with van der Waals surface area (Å²) in [4.78, 5) is 19.1. The SMILES string of the molecule is CC(C)(C)OC(=O)N1CC2(CC2)C[C@H]1c1nc(CCCc2ccccc2)no1. The zero-order valence-electron chi connectivity index (χ0n) is 17.0. The fraction of sp³-hybridized carbons (Fsp3) is 0.591. The highest BCUT2D eigenvalue weighted by atomic mass is 16.6. The van der Waals surface area contributed by atoms with Crippen LogP contribution in [-0.2, 0) is 17.6 Å². The van der Waals surface area contributed by atoms with Crippen molar-refractivity contribution in [1.82, 2.24) is 15.0 Å². The van der Waals surface area contributed by atoms with Crippen molar-refractivity contribution in [3.63, 3.8) is 0 Å². The molecule has 28 heavy (non-hydrogen) atoms. The number of hydrogen-bond acceptors (Lipinski definition) is 5. The third kappa shape index (κ3) is 4.37. The molecule has 1 aliphatic carbocycles. The molecule has 2 aliphatic rings. The highest BCUT2D eigenvalue weighted by molar-refractivity contribution is 5.69. The van der Waals surface area contributed by atoms with Crippen molar-refractivity contribution in [2.75, 3.05) is 6.54 Å². The average Bonchev–Trinajstić information content (AvgIpc) is 3.05. The number of benzene rings is 1. The predicted molar refractivity (Wildman–Crippen MR) is 105 cm³/mol. The average molecular weight is 383 g/mol. The van der Waals surface area contributed by atoms with E-state index in [1.165, 1.54) is 5.56 Å². The van der Waals surface area contributed by atoms with E-state index in [0.717, 1.165) is 45.1 Å². The van der Waals surface area contributed by atoms with Gasteiger partial charge in [0.25, 0.3) is 0 Å². The number of nitrogens with zero attached hydrogens (tertiary/aromatic N) is 3. The maximum atomic E-state index is 12.7. The summed E-state index contributed by atoms with van der Waals surface area (Å²) in [5.74, 6) is 1.26. The summed E-state index contributed by atoms with van der Waals surface area (Å²) in [7, 11) is 0. The molecule has 0 bridgehead atoms.